The molecule has 1 aromatic heterocycles. The molecule has 1 aliphatic rings. The topological polar surface area (TPSA) is 74.2 Å². The first-order chi connectivity index (χ1) is 9.86. The van der Waals surface area contributed by atoms with Crippen LogP contribution in [0.25, 0.3) is 11.0 Å². The van der Waals surface area contributed by atoms with E-state index in [2.05, 4.69) is 20.5 Å². The van der Waals surface area contributed by atoms with Gasteiger partial charge in [-0.15, -0.1) is 10.2 Å². The van der Waals surface area contributed by atoms with Crippen LogP contribution in [-0.2, 0) is 0 Å². The van der Waals surface area contributed by atoms with Gasteiger partial charge in [-0.05, 0) is 31.5 Å². The first kappa shape index (κ1) is 13.2. The molecular weight excluding hydrogens is 254 g/mol. The van der Waals surface area contributed by atoms with Gasteiger partial charge in [-0.3, -0.25) is 0 Å². The molecule has 1 aliphatic heterocycles. The average molecular weight is 273 g/mol. The quantitative estimate of drug-likeness (QED) is 0.830. The summed E-state index contributed by atoms with van der Waals surface area (Å²) in [6.07, 6.45) is 2.36. The summed E-state index contributed by atoms with van der Waals surface area (Å²) >= 11 is 0. The smallest absolute Gasteiger partial charge is 0.246 e. The van der Waals surface area contributed by atoms with Crippen molar-refractivity contribution in [2.45, 2.75) is 18.9 Å². The molecule has 1 fully saturated rings. The van der Waals surface area contributed by atoms with Crippen molar-refractivity contribution in [1.29, 1.82) is 0 Å². The van der Waals surface area contributed by atoms with Crippen LogP contribution in [0.5, 0.6) is 0 Å². The summed E-state index contributed by atoms with van der Waals surface area (Å²) in [5.41, 5.74) is 1.62. The molecule has 1 unspecified atom stereocenters. The molecule has 0 saturated carbocycles. The first-order valence-corrected chi connectivity index (χ1v) is 7.05. The zero-order valence-electron chi connectivity index (χ0n) is 11.4. The van der Waals surface area contributed by atoms with Gasteiger partial charge in [-0.1, -0.05) is 12.1 Å². The average Bonchev–Trinajstić information content (AvgIpc) is 2.99. The Labute approximate surface area is 117 Å². The number of fused-ring (bicyclic) bond motifs is 1. The molecule has 1 atom stereocenters. The van der Waals surface area contributed by atoms with Crippen LogP contribution in [0.15, 0.2) is 24.3 Å². The predicted octanol–water partition coefficient (Wildman–Crippen LogP) is 0.575. The van der Waals surface area contributed by atoms with Gasteiger partial charge in [0.2, 0.25) is 5.95 Å². The van der Waals surface area contributed by atoms with Gasteiger partial charge < -0.3 is 15.3 Å². The number of hydrogen-bond donors (Lipinski definition) is 2. The minimum absolute atomic E-state index is 0.0862. The van der Waals surface area contributed by atoms with E-state index < -0.39 is 0 Å². The normalized spacial score (nSPS) is 18.6. The fraction of sp³-hybridized carbons (Fsp3) is 0.500. The molecule has 1 aromatic carbocycles. The van der Waals surface area contributed by atoms with Crippen molar-refractivity contribution in [3.63, 3.8) is 0 Å². The Morgan fingerprint density at radius 1 is 1.25 bits per heavy atom. The third kappa shape index (κ3) is 2.86. The highest BCUT2D eigenvalue weighted by Gasteiger charge is 2.19. The Morgan fingerprint density at radius 2 is 2.10 bits per heavy atom. The summed E-state index contributed by atoms with van der Waals surface area (Å²) in [6.45, 7) is 2.48. The van der Waals surface area contributed by atoms with Crippen LogP contribution in [0.1, 0.15) is 12.8 Å². The molecule has 0 bridgehead atoms. The van der Waals surface area contributed by atoms with Crippen LogP contribution >= 0.6 is 0 Å². The van der Waals surface area contributed by atoms with E-state index in [1.807, 2.05) is 29.2 Å². The molecule has 0 spiro atoms. The number of aliphatic hydroxyl groups excluding tert-OH is 1. The molecule has 0 radical (unpaired) electrons. The van der Waals surface area contributed by atoms with Gasteiger partial charge in [0.25, 0.3) is 0 Å². The lowest BCUT2D eigenvalue weighted by molar-refractivity contribution is 0.299. The predicted molar refractivity (Wildman–Crippen MR) is 77.7 cm³/mol. The van der Waals surface area contributed by atoms with E-state index >= 15 is 0 Å². The molecule has 2 N–H and O–H groups in total. The van der Waals surface area contributed by atoms with E-state index in [0.717, 1.165) is 30.5 Å². The summed E-state index contributed by atoms with van der Waals surface area (Å²) in [5.74, 6) is 0.589. The van der Waals surface area contributed by atoms with E-state index in [0.29, 0.717) is 18.5 Å². The zero-order chi connectivity index (χ0) is 13.8. The first-order valence-electron chi connectivity index (χ1n) is 7.05. The lowest BCUT2D eigenvalue weighted by Gasteiger charge is -2.24. The highest BCUT2D eigenvalue weighted by molar-refractivity contribution is 5.74. The second kappa shape index (κ2) is 6.11. The number of aromatic nitrogens is 3. The number of nitrogens with one attached hydrogen (secondary N) is 1. The van der Waals surface area contributed by atoms with Crippen molar-refractivity contribution in [2.24, 2.45) is 0 Å². The lowest BCUT2D eigenvalue weighted by atomic mass is 10.2. The fourth-order valence-corrected chi connectivity index (χ4v) is 2.58. The maximum absolute atomic E-state index is 9.25. The van der Waals surface area contributed by atoms with Gasteiger partial charge in [0.1, 0.15) is 5.52 Å². The zero-order valence-corrected chi connectivity index (χ0v) is 11.4. The van der Waals surface area contributed by atoms with Gasteiger partial charge in [-0.2, -0.15) is 0 Å². The number of hydrogen-bond acceptors (Lipinski definition) is 6. The van der Waals surface area contributed by atoms with Crippen molar-refractivity contribution in [3.8, 4) is 0 Å². The molecule has 0 amide bonds. The number of rotatable bonds is 5. The van der Waals surface area contributed by atoms with Crippen LogP contribution in [0.4, 0.5) is 5.95 Å². The minimum Gasteiger partial charge on any atom is -0.395 e. The largest absolute Gasteiger partial charge is 0.395 e. The Balaban J connectivity index is 1.83. The van der Waals surface area contributed by atoms with Crippen LogP contribution in [0.3, 0.4) is 0 Å². The van der Waals surface area contributed by atoms with Crippen molar-refractivity contribution in [2.75, 3.05) is 31.1 Å². The number of nitrogens with zero attached hydrogens (tertiary/aromatic N) is 4. The van der Waals surface area contributed by atoms with Gasteiger partial charge in [-0.25, -0.2) is 4.98 Å². The third-order valence-corrected chi connectivity index (χ3v) is 3.61. The van der Waals surface area contributed by atoms with Crippen molar-refractivity contribution in [1.82, 2.24) is 20.5 Å². The minimum atomic E-state index is 0.0862. The van der Waals surface area contributed by atoms with Crippen molar-refractivity contribution < 1.29 is 5.11 Å². The Hall–Kier alpha value is -1.79. The maximum atomic E-state index is 9.25. The lowest BCUT2D eigenvalue weighted by Crippen LogP contribution is -2.40. The Morgan fingerprint density at radius 3 is 2.85 bits per heavy atom. The molecule has 2 aromatic rings. The van der Waals surface area contributed by atoms with Crippen LogP contribution in [0.2, 0.25) is 0 Å². The molecular formula is C14H19N5O. The van der Waals surface area contributed by atoms with Crippen molar-refractivity contribution in [3.05, 3.63) is 24.3 Å². The Kier molecular flexibility index (Phi) is 4.03. The second-order valence-corrected chi connectivity index (χ2v) is 5.06. The van der Waals surface area contributed by atoms with Crippen LogP contribution in [0, 0.1) is 0 Å². The molecule has 1 saturated heterocycles. The monoisotopic (exact) mass is 273 g/mol. The van der Waals surface area contributed by atoms with E-state index in [-0.39, 0.29) is 6.61 Å². The highest BCUT2D eigenvalue weighted by Crippen LogP contribution is 2.14. The van der Waals surface area contributed by atoms with Gasteiger partial charge in [0.15, 0.2) is 0 Å². The summed E-state index contributed by atoms with van der Waals surface area (Å²) < 4.78 is 0. The fourth-order valence-electron chi connectivity index (χ4n) is 2.58. The number of anilines is 1. The van der Waals surface area contributed by atoms with Gasteiger partial charge in [0.05, 0.1) is 12.1 Å². The van der Waals surface area contributed by atoms with E-state index in [1.165, 1.54) is 6.42 Å². The Bertz CT molecular complexity index is 570. The maximum Gasteiger partial charge on any atom is 0.246 e. The molecule has 106 valence electrons. The molecule has 6 heteroatoms. The van der Waals surface area contributed by atoms with Crippen molar-refractivity contribution >= 4 is 17.0 Å². The number of aliphatic hydroxyl groups is 1. The highest BCUT2D eigenvalue weighted by atomic mass is 16.3. The molecule has 6 nitrogen and oxygen atoms in total. The molecule has 20 heavy (non-hydrogen) atoms. The number of benzene rings is 1. The molecule has 2 heterocycles. The summed E-state index contributed by atoms with van der Waals surface area (Å²) in [6, 6.07) is 8.13. The summed E-state index contributed by atoms with van der Waals surface area (Å²) in [4.78, 5) is 6.55. The van der Waals surface area contributed by atoms with E-state index in [9.17, 15) is 5.11 Å². The van der Waals surface area contributed by atoms with Crippen LogP contribution in [-0.4, -0.2) is 52.6 Å². The summed E-state index contributed by atoms with van der Waals surface area (Å²) in [7, 11) is 0. The van der Waals surface area contributed by atoms with Gasteiger partial charge in [0, 0.05) is 19.1 Å². The SMILES string of the molecule is OCCN(CC1CCCN1)c1nnc2ccccc2n1. The molecule has 3 rings (SSSR count). The van der Waals surface area contributed by atoms with E-state index in [4.69, 9.17) is 0 Å². The number of para-hydroxylation sites is 1. The third-order valence-electron chi connectivity index (χ3n) is 3.61. The van der Waals surface area contributed by atoms with Crippen LogP contribution < -0.4 is 10.2 Å². The molecule has 0 aliphatic carbocycles. The van der Waals surface area contributed by atoms with E-state index in [1.54, 1.807) is 0 Å². The summed E-state index contributed by atoms with van der Waals surface area (Å²) in [5, 5.41) is 21.1. The standard InChI is InChI=1S/C14H19N5O/c20-9-8-19(10-11-4-3-7-15-11)14-16-12-5-1-2-6-13(12)17-18-14/h1-2,5-6,11,15,20H,3-4,7-10H2. The second-order valence-electron chi connectivity index (χ2n) is 5.06. The van der Waals surface area contributed by atoms with Gasteiger partial charge >= 0.3 is 0 Å².